The zero-order chi connectivity index (χ0) is 20.8. The molecule has 152 valence electrons. The van der Waals surface area contributed by atoms with Gasteiger partial charge in [0.05, 0.1) is 0 Å². The Morgan fingerprint density at radius 3 is 2.21 bits per heavy atom. The van der Waals surface area contributed by atoms with Gasteiger partial charge in [0.25, 0.3) is 11.8 Å². The minimum absolute atomic E-state index is 0.0660. The van der Waals surface area contributed by atoms with E-state index in [1.165, 1.54) is 18.2 Å². The highest BCUT2D eigenvalue weighted by Crippen LogP contribution is 2.12. The van der Waals surface area contributed by atoms with Crippen LogP contribution in [0.25, 0.3) is 0 Å². The topological polar surface area (TPSA) is 69.7 Å². The molecule has 7 heteroatoms. The van der Waals surface area contributed by atoms with Gasteiger partial charge in [-0.25, -0.2) is 4.39 Å². The summed E-state index contributed by atoms with van der Waals surface area (Å²) in [5.41, 5.74) is 0.860. The Hall–Kier alpha value is -3.22. The van der Waals surface area contributed by atoms with Crippen LogP contribution in [-0.2, 0) is 4.79 Å². The number of piperazine rings is 1. The van der Waals surface area contributed by atoms with Crippen molar-refractivity contribution in [1.82, 2.24) is 15.1 Å². The highest BCUT2D eigenvalue weighted by atomic mass is 19.1. The molecule has 1 aliphatic heterocycles. The van der Waals surface area contributed by atoms with E-state index in [2.05, 4.69) is 5.32 Å². The summed E-state index contributed by atoms with van der Waals surface area (Å²) >= 11 is 0. The molecule has 1 unspecified atom stereocenters. The molecule has 1 fully saturated rings. The number of nitrogens with zero attached hydrogens (tertiary/aromatic N) is 2. The van der Waals surface area contributed by atoms with Crippen molar-refractivity contribution in [2.24, 2.45) is 0 Å². The molecular formula is C22H24FN3O3. The first-order chi connectivity index (χ1) is 13.9. The van der Waals surface area contributed by atoms with Gasteiger partial charge in [-0.15, -0.1) is 0 Å². The van der Waals surface area contributed by atoms with Crippen LogP contribution in [0.5, 0.6) is 0 Å². The summed E-state index contributed by atoms with van der Waals surface area (Å²) in [6.45, 7) is 3.42. The zero-order valence-electron chi connectivity index (χ0n) is 16.3. The zero-order valence-corrected chi connectivity index (χ0v) is 16.3. The minimum atomic E-state index is -0.448. The largest absolute Gasteiger partial charge is 0.349 e. The third-order valence-electron chi connectivity index (χ3n) is 4.89. The summed E-state index contributed by atoms with van der Waals surface area (Å²) in [6, 6.07) is 14.2. The number of halogens is 1. The Bertz CT molecular complexity index is 880. The summed E-state index contributed by atoms with van der Waals surface area (Å²) in [5, 5.41) is 2.83. The Labute approximate surface area is 169 Å². The third-order valence-corrected chi connectivity index (χ3v) is 4.89. The highest BCUT2D eigenvalue weighted by molar-refractivity contribution is 5.95. The molecule has 1 N–H and O–H groups in total. The van der Waals surface area contributed by atoms with Crippen molar-refractivity contribution in [3.05, 3.63) is 71.5 Å². The Kier molecular flexibility index (Phi) is 6.59. The number of rotatable bonds is 5. The number of carbonyl (C=O) groups is 3. The maximum atomic E-state index is 13.3. The Balaban J connectivity index is 1.47. The van der Waals surface area contributed by atoms with E-state index in [1.807, 2.05) is 6.07 Å². The minimum Gasteiger partial charge on any atom is -0.349 e. The number of amides is 3. The molecule has 1 aliphatic rings. The number of nitrogens with one attached hydrogen (secondary N) is 1. The van der Waals surface area contributed by atoms with Crippen LogP contribution in [0.1, 0.15) is 34.1 Å². The molecule has 0 spiro atoms. The molecule has 0 bridgehead atoms. The van der Waals surface area contributed by atoms with E-state index < -0.39 is 5.82 Å². The fourth-order valence-corrected chi connectivity index (χ4v) is 3.30. The molecule has 2 aromatic rings. The molecule has 0 aromatic heterocycles. The van der Waals surface area contributed by atoms with Gasteiger partial charge in [-0.1, -0.05) is 24.3 Å². The summed E-state index contributed by atoms with van der Waals surface area (Å²) in [4.78, 5) is 40.5. The van der Waals surface area contributed by atoms with Crippen LogP contribution >= 0.6 is 0 Å². The van der Waals surface area contributed by atoms with Crippen molar-refractivity contribution in [3.63, 3.8) is 0 Å². The third kappa shape index (κ3) is 5.40. The van der Waals surface area contributed by atoms with Crippen molar-refractivity contribution in [3.8, 4) is 0 Å². The van der Waals surface area contributed by atoms with Gasteiger partial charge in [0, 0.05) is 49.8 Å². The molecule has 3 amide bonds. The fraction of sp³-hybridized carbons (Fsp3) is 0.318. The summed E-state index contributed by atoms with van der Waals surface area (Å²) in [5.74, 6) is -0.962. The average molecular weight is 397 g/mol. The molecule has 0 aliphatic carbocycles. The van der Waals surface area contributed by atoms with Crippen LogP contribution in [0.4, 0.5) is 4.39 Å². The molecule has 6 nitrogen and oxygen atoms in total. The van der Waals surface area contributed by atoms with Crippen LogP contribution in [0.3, 0.4) is 0 Å². The standard InChI is InChI=1S/C22H24FN3O3/c1-16(24-21(28)17-6-3-2-4-7-17)14-20(27)25-10-12-26(13-11-25)22(29)18-8-5-9-19(23)15-18/h2-9,15-16H,10-14H2,1H3,(H,24,28). The first kappa shape index (κ1) is 20.5. The maximum Gasteiger partial charge on any atom is 0.254 e. The number of hydrogen-bond acceptors (Lipinski definition) is 3. The molecule has 0 saturated carbocycles. The van der Waals surface area contributed by atoms with Gasteiger partial charge >= 0.3 is 0 Å². The van der Waals surface area contributed by atoms with Crippen molar-refractivity contribution >= 4 is 17.7 Å². The van der Waals surface area contributed by atoms with Crippen LogP contribution in [0.2, 0.25) is 0 Å². The second kappa shape index (κ2) is 9.32. The molecule has 2 aromatic carbocycles. The fourth-order valence-electron chi connectivity index (χ4n) is 3.30. The van der Waals surface area contributed by atoms with Crippen LogP contribution in [-0.4, -0.2) is 59.7 Å². The van der Waals surface area contributed by atoms with Gasteiger partial charge in [0.15, 0.2) is 0 Å². The quantitative estimate of drug-likeness (QED) is 0.842. The molecule has 1 heterocycles. The second-order valence-electron chi connectivity index (χ2n) is 7.13. The second-order valence-corrected chi connectivity index (χ2v) is 7.13. The normalized spacial score (nSPS) is 15.0. The van der Waals surface area contributed by atoms with Crippen LogP contribution in [0, 0.1) is 5.82 Å². The van der Waals surface area contributed by atoms with E-state index in [1.54, 1.807) is 47.1 Å². The van der Waals surface area contributed by atoms with Gasteiger partial charge in [-0.05, 0) is 37.3 Å². The van der Waals surface area contributed by atoms with Crippen molar-refractivity contribution in [2.45, 2.75) is 19.4 Å². The molecule has 0 radical (unpaired) electrons. The molecular weight excluding hydrogens is 373 g/mol. The van der Waals surface area contributed by atoms with E-state index >= 15 is 0 Å². The van der Waals surface area contributed by atoms with E-state index in [0.717, 1.165) is 0 Å². The van der Waals surface area contributed by atoms with Gasteiger partial charge in [0.1, 0.15) is 5.82 Å². The summed E-state index contributed by atoms with van der Waals surface area (Å²) in [7, 11) is 0. The van der Waals surface area contributed by atoms with Crippen molar-refractivity contribution in [1.29, 1.82) is 0 Å². The lowest BCUT2D eigenvalue weighted by atomic mass is 10.1. The van der Waals surface area contributed by atoms with Gasteiger partial charge in [-0.3, -0.25) is 14.4 Å². The lowest BCUT2D eigenvalue weighted by Gasteiger charge is -2.35. The number of hydrogen-bond donors (Lipinski definition) is 1. The summed E-state index contributed by atoms with van der Waals surface area (Å²) < 4.78 is 13.3. The molecule has 29 heavy (non-hydrogen) atoms. The first-order valence-corrected chi connectivity index (χ1v) is 9.62. The van der Waals surface area contributed by atoms with E-state index in [4.69, 9.17) is 0 Å². The molecule has 1 saturated heterocycles. The highest BCUT2D eigenvalue weighted by Gasteiger charge is 2.26. The smallest absolute Gasteiger partial charge is 0.254 e. The van der Waals surface area contributed by atoms with Gasteiger partial charge < -0.3 is 15.1 Å². The van der Waals surface area contributed by atoms with E-state index in [0.29, 0.717) is 37.3 Å². The maximum absolute atomic E-state index is 13.3. The van der Waals surface area contributed by atoms with E-state index in [9.17, 15) is 18.8 Å². The van der Waals surface area contributed by atoms with Crippen molar-refractivity contribution < 1.29 is 18.8 Å². The summed E-state index contributed by atoms with van der Waals surface area (Å²) in [6.07, 6.45) is 0.191. The first-order valence-electron chi connectivity index (χ1n) is 9.62. The lowest BCUT2D eigenvalue weighted by molar-refractivity contribution is -0.133. The van der Waals surface area contributed by atoms with E-state index in [-0.39, 0.29) is 30.2 Å². The van der Waals surface area contributed by atoms with Crippen molar-refractivity contribution in [2.75, 3.05) is 26.2 Å². The Morgan fingerprint density at radius 2 is 1.55 bits per heavy atom. The average Bonchev–Trinajstić information content (AvgIpc) is 2.73. The Morgan fingerprint density at radius 1 is 0.931 bits per heavy atom. The number of benzene rings is 2. The predicted octanol–water partition coefficient (Wildman–Crippen LogP) is 2.32. The predicted molar refractivity (Wildman–Crippen MR) is 107 cm³/mol. The number of carbonyl (C=O) groups excluding carboxylic acids is 3. The van der Waals surface area contributed by atoms with Gasteiger partial charge in [-0.2, -0.15) is 0 Å². The molecule has 1 atom stereocenters. The lowest BCUT2D eigenvalue weighted by Crippen LogP contribution is -2.51. The monoisotopic (exact) mass is 397 g/mol. The molecule has 3 rings (SSSR count). The van der Waals surface area contributed by atoms with Crippen LogP contribution < -0.4 is 5.32 Å². The van der Waals surface area contributed by atoms with Crippen LogP contribution in [0.15, 0.2) is 54.6 Å². The van der Waals surface area contributed by atoms with Gasteiger partial charge in [0.2, 0.25) is 5.91 Å². The SMILES string of the molecule is CC(CC(=O)N1CCN(C(=O)c2cccc(F)c2)CC1)NC(=O)c1ccccc1.